The fourth-order valence-corrected chi connectivity index (χ4v) is 3.51. The van der Waals surface area contributed by atoms with Crippen LogP contribution in [0.15, 0.2) is 60.0 Å². The zero-order valence-electron chi connectivity index (χ0n) is 14.7. The highest BCUT2D eigenvalue weighted by molar-refractivity contribution is 7.99. The van der Waals surface area contributed by atoms with Gasteiger partial charge in [0.2, 0.25) is 5.91 Å². The molecule has 0 atom stereocenters. The van der Waals surface area contributed by atoms with Crippen molar-refractivity contribution in [2.75, 3.05) is 11.1 Å². The number of halogens is 1. The topological polar surface area (TPSA) is 46.9 Å². The van der Waals surface area contributed by atoms with Gasteiger partial charge in [0.1, 0.15) is 0 Å². The van der Waals surface area contributed by atoms with Crippen molar-refractivity contribution in [3.63, 3.8) is 0 Å². The van der Waals surface area contributed by atoms with Crippen molar-refractivity contribution in [2.24, 2.45) is 0 Å². The van der Waals surface area contributed by atoms with E-state index in [0.717, 1.165) is 32.6 Å². The summed E-state index contributed by atoms with van der Waals surface area (Å²) in [7, 11) is 0. The lowest BCUT2D eigenvalue weighted by atomic mass is 10.1. The summed E-state index contributed by atoms with van der Waals surface area (Å²) in [6.07, 6.45) is 3.63. The van der Waals surface area contributed by atoms with E-state index in [1.165, 1.54) is 11.8 Å². The van der Waals surface area contributed by atoms with E-state index in [4.69, 9.17) is 11.6 Å². The Hall–Kier alpha value is -2.24. The van der Waals surface area contributed by atoms with Gasteiger partial charge in [0.05, 0.1) is 12.3 Å². The van der Waals surface area contributed by atoms with E-state index < -0.39 is 0 Å². The van der Waals surface area contributed by atoms with Gasteiger partial charge in [-0.15, -0.1) is 0 Å². The standard InChI is InChI=1S/C20H20ClN3OS/c1-14-7-8-15(2)18(11-14)23-19(25)13-26-20-22-9-10-24(20)12-16-5-3-4-6-17(16)21/h3-11H,12-13H2,1-2H3,(H,23,25). The zero-order valence-corrected chi connectivity index (χ0v) is 16.3. The predicted octanol–water partition coefficient (Wildman–Crippen LogP) is 4.93. The molecule has 3 aromatic rings. The monoisotopic (exact) mass is 385 g/mol. The lowest BCUT2D eigenvalue weighted by Gasteiger charge is -2.10. The summed E-state index contributed by atoms with van der Waals surface area (Å²) < 4.78 is 2.00. The highest BCUT2D eigenvalue weighted by atomic mass is 35.5. The first kappa shape index (κ1) is 18.5. The molecule has 134 valence electrons. The number of aryl methyl sites for hydroxylation is 2. The van der Waals surface area contributed by atoms with Crippen LogP contribution in [-0.4, -0.2) is 21.2 Å². The Bertz CT molecular complexity index is 923. The highest BCUT2D eigenvalue weighted by Gasteiger charge is 2.10. The van der Waals surface area contributed by atoms with Crippen molar-refractivity contribution >= 4 is 35.0 Å². The van der Waals surface area contributed by atoms with E-state index in [1.807, 2.05) is 67.1 Å². The SMILES string of the molecule is Cc1ccc(C)c(NC(=O)CSc2nccn2Cc2ccccc2Cl)c1. The Balaban J connectivity index is 1.62. The lowest BCUT2D eigenvalue weighted by Crippen LogP contribution is -2.15. The molecule has 1 aromatic heterocycles. The van der Waals surface area contributed by atoms with Crippen LogP contribution in [0, 0.1) is 13.8 Å². The van der Waals surface area contributed by atoms with E-state index >= 15 is 0 Å². The first-order valence-electron chi connectivity index (χ1n) is 8.27. The van der Waals surface area contributed by atoms with Gasteiger partial charge in [-0.2, -0.15) is 0 Å². The zero-order chi connectivity index (χ0) is 18.5. The number of nitrogens with one attached hydrogen (secondary N) is 1. The number of hydrogen-bond donors (Lipinski definition) is 1. The molecule has 0 radical (unpaired) electrons. The van der Waals surface area contributed by atoms with Gasteiger partial charge in [-0.3, -0.25) is 4.79 Å². The summed E-state index contributed by atoms with van der Waals surface area (Å²) >= 11 is 7.65. The first-order chi connectivity index (χ1) is 12.5. The number of hydrogen-bond acceptors (Lipinski definition) is 3. The summed E-state index contributed by atoms with van der Waals surface area (Å²) in [6.45, 7) is 4.62. The summed E-state index contributed by atoms with van der Waals surface area (Å²) in [4.78, 5) is 16.7. The van der Waals surface area contributed by atoms with E-state index in [0.29, 0.717) is 12.3 Å². The summed E-state index contributed by atoms with van der Waals surface area (Å²) in [5.74, 6) is 0.253. The normalized spacial score (nSPS) is 10.7. The molecule has 2 aromatic carbocycles. The van der Waals surface area contributed by atoms with Crippen LogP contribution in [0.5, 0.6) is 0 Å². The van der Waals surface area contributed by atoms with Gasteiger partial charge < -0.3 is 9.88 Å². The fraction of sp³-hybridized carbons (Fsp3) is 0.200. The minimum atomic E-state index is -0.0454. The van der Waals surface area contributed by atoms with E-state index in [-0.39, 0.29) is 5.91 Å². The fourth-order valence-electron chi connectivity index (χ4n) is 2.55. The van der Waals surface area contributed by atoms with Crippen LogP contribution < -0.4 is 5.32 Å². The van der Waals surface area contributed by atoms with E-state index in [9.17, 15) is 4.79 Å². The summed E-state index contributed by atoms with van der Waals surface area (Å²) in [6, 6.07) is 13.8. The molecule has 0 aliphatic heterocycles. The minimum Gasteiger partial charge on any atom is -0.325 e. The lowest BCUT2D eigenvalue weighted by molar-refractivity contribution is -0.113. The molecular weight excluding hydrogens is 366 g/mol. The molecule has 0 bridgehead atoms. The molecule has 0 spiro atoms. The van der Waals surface area contributed by atoms with E-state index in [2.05, 4.69) is 10.3 Å². The Morgan fingerprint density at radius 1 is 1.23 bits per heavy atom. The number of thioether (sulfide) groups is 1. The number of rotatable bonds is 6. The molecule has 3 rings (SSSR count). The third kappa shape index (κ3) is 4.68. The van der Waals surface area contributed by atoms with Gasteiger partial charge in [0, 0.05) is 23.1 Å². The van der Waals surface area contributed by atoms with Crippen LogP contribution in [0.1, 0.15) is 16.7 Å². The molecule has 0 saturated carbocycles. The maximum absolute atomic E-state index is 12.3. The second-order valence-electron chi connectivity index (χ2n) is 6.08. The molecule has 0 fully saturated rings. The molecule has 26 heavy (non-hydrogen) atoms. The van der Waals surface area contributed by atoms with Crippen LogP contribution in [0.2, 0.25) is 5.02 Å². The van der Waals surface area contributed by atoms with Crippen LogP contribution in [0.4, 0.5) is 5.69 Å². The second-order valence-corrected chi connectivity index (χ2v) is 7.43. The number of benzene rings is 2. The smallest absolute Gasteiger partial charge is 0.234 e. The first-order valence-corrected chi connectivity index (χ1v) is 9.64. The number of anilines is 1. The molecule has 0 aliphatic rings. The molecule has 0 unspecified atom stereocenters. The van der Waals surface area contributed by atoms with Crippen LogP contribution in [0.25, 0.3) is 0 Å². The molecule has 1 heterocycles. The molecule has 6 heteroatoms. The van der Waals surface area contributed by atoms with Gasteiger partial charge in [0.15, 0.2) is 5.16 Å². The third-order valence-electron chi connectivity index (χ3n) is 3.98. The van der Waals surface area contributed by atoms with Gasteiger partial charge >= 0.3 is 0 Å². The van der Waals surface area contributed by atoms with Crippen molar-refractivity contribution < 1.29 is 4.79 Å². The Morgan fingerprint density at radius 2 is 2.04 bits per heavy atom. The third-order valence-corrected chi connectivity index (χ3v) is 5.35. The second kappa shape index (κ2) is 8.43. The highest BCUT2D eigenvalue weighted by Crippen LogP contribution is 2.22. The average molecular weight is 386 g/mol. The number of nitrogens with zero attached hydrogens (tertiary/aromatic N) is 2. The number of imidazole rings is 1. The number of amides is 1. The van der Waals surface area contributed by atoms with Crippen LogP contribution in [-0.2, 0) is 11.3 Å². The Kier molecular flexibility index (Phi) is 6.01. The van der Waals surface area contributed by atoms with Gasteiger partial charge in [-0.1, -0.05) is 53.7 Å². The van der Waals surface area contributed by atoms with Crippen molar-refractivity contribution in [2.45, 2.75) is 25.5 Å². The average Bonchev–Trinajstić information content (AvgIpc) is 3.05. The minimum absolute atomic E-state index is 0.0454. The maximum atomic E-state index is 12.3. The predicted molar refractivity (Wildman–Crippen MR) is 108 cm³/mol. The molecule has 4 nitrogen and oxygen atoms in total. The molecule has 0 aliphatic carbocycles. The number of carbonyl (C=O) groups excluding carboxylic acids is 1. The van der Waals surface area contributed by atoms with Crippen LogP contribution in [0.3, 0.4) is 0 Å². The molecule has 1 N–H and O–H groups in total. The quantitative estimate of drug-likeness (QED) is 0.612. The molecular formula is C20H20ClN3OS. The maximum Gasteiger partial charge on any atom is 0.234 e. The van der Waals surface area contributed by atoms with Crippen molar-refractivity contribution in [1.29, 1.82) is 0 Å². The van der Waals surface area contributed by atoms with E-state index in [1.54, 1.807) is 6.20 Å². The molecule has 1 amide bonds. The van der Waals surface area contributed by atoms with Crippen molar-refractivity contribution in [3.05, 3.63) is 76.6 Å². The Labute approximate surface area is 162 Å². The van der Waals surface area contributed by atoms with Gasteiger partial charge in [-0.05, 0) is 42.7 Å². The number of carbonyl (C=O) groups is 1. The van der Waals surface area contributed by atoms with Crippen molar-refractivity contribution in [3.8, 4) is 0 Å². The number of aromatic nitrogens is 2. The van der Waals surface area contributed by atoms with Gasteiger partial charge in [0.25, 0.3) is 0 Å². The largest absolute Gasteiger partial charge is 0.325 e. The van der Waals surface area contributed by atoms with Crippen LogP contribution >= 0.6 is 23.4 Å². The van der Waals surface area contributed by atoms with Gasteiger partial charge in [-0.25, -0.2) is 4.98 Å². The summed E-state index contributed by atoms with van der Waals surface area (Å²) in [5, 5.41) is 4.49. The molecule has 0 saturated heterocycles. The Morgan fingerprint density at radius 3 is 2.85 bits per heavy atom. The van der Waals surface area contributed by atoms with Crippen molar-refractivity contribution in [1.82, 2.24) is 9.55 Å². The summed E-state index contributed by atoms with van der Waals surface area (Å²) in [5.41, 5.74) is 4.05.